The highest BCUT2D eigenvalue weighted by Gasteiger charge is 2.20. The number of hydrogen-bond acceptors (Lipinski definition) is 5. The molecule has 0 aliphatic rings. The number of imidazole rings is 1. The molecule has 0 bridgehead atoms. The highest BCUT2D eigenvalue weighted by Crippen LogP contribution is 2.33. The fourth-order valence-corrected chi connectivity index (χ4v) is 3.79. The number of halogens is 2. The average molecular weight is 436 g/mol. The van der Waals surface area contributed by atoms with Crippen molar-refractivity contribution < 1.29 is 4.92 Å². The van der Waals surface area contributed by atoms with E-state index in [1.165, 1.54) is 12.1 Å². The van der Waals surface area contributed by atoms with Gasteiger partial charge in [-0.1, -0.05) is 47.5 Å². The van der Waals surface area contributed by atoms with Crippen molar-refractivity contribution >= 4 is 51.2 Å². The van der Waals surface area contributed by atoms with Gasteiger partial charge in [0.1, 0.15) is 5.82 Å². The first-order valence-corrected chi connectivity index (χ1v) is 9.62. The summed E-state index contributed by atoms with van der Waals surface area (Å²) in [5, 5.41) is 12.2. The van der Waals surface area contributed by atoms with Gasteiger partial charge in [0.05, 0.1) is 26.7 Å². The molecule has 7 nitrogen and oxygen atoms in total. The van der Waals surface area contributed by atoms with Crippen LogP contribution in [0.25, 0.3) is 39.4 Å². The van der Waals surface area contributed by atoms with Gasteiger partial charge in [-0.15, -0.1) is 0 Å². The van der Waals surface area contributed by atoms with E-state index in [1.54, 1.807) is 34.9 Å². The lowest BCUT2D eigenvalue weighted by atomic mass is 10.2. The zero-order valence-electron chi connectivity index (χ0n) is 15.2. The number of fused-ring (bicyclic) bond motifs is 2. The van der Waals surface area contributed by atoms with Crippen molar-refractivity contribution in [2.45, 2.75) is 0 Å². The van der Waals surface area contributed by atoms with Gasteiger partial charge in [-0.2, -0.15) is 0 Å². The van der Waals surface area contributed by atoms with Crippen LogP contribution in [0, 0.1) is 10.1 Å². The van der Waals surface area contributed by atoms with Crippen LogP contribution in [0.2, 0.25) is 10.0 Å². The predicted molar refractivity (Wildman–Crippen MR) is 116 cm³/mol. The second kappa shape index (κ2) is 7.05. The maximum atomic E-state index is 11.3. The highest BCUT2D eigenvalue weighted by atomic mass is 35.5. The van der Waals surface area contributed by atoms with E-state index in [-0.39, 0.29) is 5.69 Å². The fourth-order valence-electron chi connectivity index (χ4n) is 3.30. The van der Waals surface area contributed by atoms with Crippen molar-refractivity contribution in [3.05, 3.63) is 86.9 Å². The van der Waals surface area contributed by atoms with Crippen molar-refractivity contribution in [2.75, 3.05) is 0 Å². The van der Waals surface area contributed by atoms with Gasteiger partial charge in [0, 0.05) is 22.7 Å². The minimum Gasteiger partial charge on any atom is -0.274 e. The molecule has 5 rings (SSSR count). The molecule has 3 aromatic carbocycles. The number of non-ortho nitro benzene ring substituents is 1. The van der Waals surface area contributed by atoms with E-state index >= 15 is 0 Å². The Morgan fingerprint density at radius 3 is 2.37 bits per heavy atom. The maximum absolute atomic E-state index is 11.3. The maximum Gasteiger partial charge on any atom is 0.270 e. The molecular formula is C21H11Cl2N5O2. The first kappa shape index (κ1) is 18.5. The molecular weight excluding hydrogens is 425 g/mol. The molecule has 0 fully saturated rings. The molecule has 0 atom stereocenters. The Morgan fingerprint density at radius 1 is 0.867 bits per heavy atom. The molecule has 0 N–H and O–H groups in total. The van der Waals surface area contributed by atoms with Crippen molar-refractivity contribution in [3.8, 4) is 17.1 Å². The van der Waals surface area contributed by atoms with Crippen LogP contribution in [-0.2, 0) is 0 Å². The standard InChI is InChI=1S/C21H11Cl2N5O2/c22-13-8-9-18(15(23)11-13)27-20(12-4-3-5-14(10-12)28(29)30)26-19-21(27)25-17-7-2-1-6-16(17)24-19/h1-11H. The molecule has 0 aliphatic heterocycles. The molecule has 0 spiro atoms. The summed E-state index contributed by atoms with van der Waals surface area (Å²) >= 11 is 12.6. The number of rotatable bonds is 3. The number of aromatic nitrogens is 4. The SMILES string of the molecule is O=[N+]([O-])c1cccc(-c2nc3nc4ccccc4nc3n2-c2ccc(Cl)cc2Cl)c1. The molecule has 2 aromatic heterocycles. The van der Waals surface area contributed by atoms with Crippen molar-refractivity contribution in [2.24, 2.45) is 0 Å². The largest absolute Gasteiger partial charge is 0.274 e. The molecule has 9 heteroatoms. The Kier molecular flexibility index (Phi) is 4.34. The third-order valence-corrected chi connectivity index (χ3v) is 5.17. The van der Waals surface area contributed by atoms with Gasteiger partial charge in [-0.25, -0.2) is 15.0 Å². The summed E-state index contributed by atoms with van der Waals surface area (Å²) < 4.78 is 1.74. The second-order valence-corrected chi connectivity index (χ2v) is 7.38. The van der Waals surface area contributed by atoms with Crippen molar-refractivity contribution in [1.29, 1.82) is 0 Å². The van der Waals surface area contributed by atoms with E-state index in [2.05, 4.69) is 9.97 Å². The van der Waals surface area contributed by atoms with Crippen LogP contribution in [0.4, 0.5) is 5.69 Å². The number of para-hydroxylation sites is 2. The zero-order chi connectivity index (χ0) is 20.8. The molecule has 0 amide bonds. The smallest absolute Gasteiger partial charge is 0.270 e. The summed E-state index contributed by atoms with van der Waals surface area (Å²) in [6.45, 7) is 0. The summed E-state index contributed by atoms with van der Waals surface area (Å²) in [6.07, 6.45) is 0. The van der Waals surface area contributed by atoms with Crippen LogP contribution in [0.5, 0.6) is 0 Å². The fraction of sp³-hybridized carbons (Fsp3) is 0. The molecule has 0 aliphatic carbocycles. The molecule has 5 aromatic rings. The third-order valence-electron chi connectivity index (χ3n) is 4.64. The van der Waals surface area contributed by atoms with E-state index in [9.17, 15) is 10.1 Å². The number of nitrogens with zero attached hydrogens (tertiary/aromatic N) is 5. The number of benzene rings is 3. The number of nitro benzene ring substituents is 1. The van der Waals surface area contributed by atoms with E-state index in [4.69, 9.17) is 28.2 Å². The van der Waals surface area contributed by atoms with Crippen molar-refractivity contribution in [1.82, 2.24) is 19.5 Å². The van der Waals surface area contributed by atoms with Gasteiger partial charge in [0.2, 0.25) is 0 Å². The Bertz CT molecular complexity index is 1470. The summed E-state index contributed by atoms with van der Waals surface area (Å²) in [5.74, 6) is 0.438. The van der Waals surface area contributed by atoms with Crippen LogP contribution in [0.1, 0.15) is 0 Å². The van der Waals surface area contributed by atoms with E-state index in [1.807, 2.05) is 24.3 Å². The molecule has 0 radical (unpaired) electrons. The molecule has 0 saturated heterocycles. The lowest BCUT2D eigenvalue weighted by Crippen LogP contribution is -2.00. The second-order valence-electron chi connectivity index (χ2n) is 6.53. The van der Waals surface area contributed by atoms with Gasteiger partial charge >= 0.3 is 0 Å². The quantitative estimate of drug-likeness (QED) is 0.262. The summed E-state index contributed by atoms with van der Waals surface area (Å²) in [5.41, 5.74) is 3.37. The summed E-state index contributed by atoms with van der Waals surface area (Å²) in [6, 6.07) is 18.8. The lowest BCUT2D eigenvalue weighted by molar-refractivity contribution is -0.384. The van der Waals surface area contributed by atoms with E-state index in [0.29, 0.717) is 49.4 Å². The van der Waals surface area contributed by atoms with Crippen LogP contribution in [0.15, 0.2) is 66.7 Å². The Balaban J connectivity index is 1.88. The van der Waals surface area contributed by atoms with Gasteiger partial charge in [-0.05, 0) is 30.3 Å². The first-order valence-electron chi connectivity index (χ1n) is 8.87. The molecule has 146 valence electrons. The van der Waals surface area contributed by atoms with Crippen LogP contribution >= 0.6 is 23.2 Å². The van der Waals surface area contributed by atoms with Gasteiger partial charge in [0.25, 0.3) is 5.69 Å². The van der Waals surface area contributed by atoms with Crippen LogP contribution < -0.4 is 0 Å². The van der Waals surface area contributed by atoms with Crippen molar-refractivity contribution in [3.63, 3.8) is 0 Å². The zero-order valence-corrected chi connectivity index (χ0v) is 16.7. The molecule has 0 unspecified atom stereocenters. The van der Waals surface area contributed by atoms with Gasteiger partial charge in [0.15, 0.2) is 11.3 Å². The average Bonchev–Trinajstić information content (AvgIpc) is 3.10. The minimum absolute atomic E-state index is 0.0422. The topological polar surface area (TPSA) is 86.7 Å². The normalized spacial score (nSPS) is 11.3. The van der Waals surface area contributed by atoms with Gasteiger partial charge < -0.3 is 0 Å². The minimum atomic E-state index is -0.448. The van der Waals surface area contributed by atoms with E-state index in [0.717, 1.165) is 0 Å². The molecule has 30 heavy (non-hydrogen) atoms. The Morgan fingerprint density at radius 2 is 1.63 bits per heavy atom. The third kappa shape index (κ3) is 3.04. The molecule has 0 saturated carbocycles. The van der Waals surface area contributed by atoms with Crippen LogP contribution in [-0.4, -0.2) is 24.4 Å². The predicted octanol–water partition coefficient (Wildman–Crippen LogP) is 5.85. The van der Waals surface area contributed by atoms with Gasteiger partial charge in [-0.3, -0.25) is 14.7 Å². The molecule has 2 heterocycles. The number of nitro groups is 1. The van der Waals surface area contributed by atoms with Crippen LogP contribution in [0.3, 0.4) is 0 Å². The number of hydrogen-bond donors (Lipinski definition) is 0. The first-order chi connectivity index (χ1) is 14.5. The summed E-state index contributed by atoms with van der Waals surface area (Å²) in [4.78, 5) is 24.8. The lowest BCUT2D eigenvalue weighted by Gasteiger charge is -2.11. The van der Waals surface area contributed by atoms with E-state index < -0.39 is 4.92 Å². The Labute approximate surface area is 179 Å². The Hall–Kier alpha value is -3.55. The highest BCUT2D eigenvalue weighted by molar-refractivity contribution is 6.35. The summed E-state index contributed by atoms with van der Waals surface area (Å²) in [7, 11) is 0. The monoisotopic (exact) mass is 435 g/mol.